The fraction of sp³-hybridized carbons (Fsp3) is 0.292. The number of benzene rings is 2. The summed E-state index contributed by atoms with van der Waals surface area (Å²) >= 11 is 1.58. The van der Waals surface area contributed by atoms with Gasteiger partial charge in [-0.1, -0.05) is 29.5 Å². The SMILES string of the molecule is Cc1ccc(Sc2nccnc2N2CCC[C@H](C(=O)Nc3ccc(F)c(C)c3)C2)cc1. The Balaban J connectivity index is 1.47. The summed E-state index contributed by atoms with van der Waals surface area (Å²) in [7, 11) is 0. The van der Waals surface area contributed by atoms with Crippen molar-refractivity contribution in [3.8, 4) is 0 Å². The molecule has 1 saturated heterocycles. The van der Waals surface area contributed by atoms with Gasteiger partial charge in [0, 0.05) is 36.1 Å². The van der Waals surface area contributed by atoms with Crippen molar-refractivity contribution in [2.75, 3.05) is 23.3 Å². The van der Waals surface area contributed by atoms with Gasteiger partial charge in [0.25, 0.3) is 0 Å². The lowest BCUT2D eigenvalue weighted by molar-refractivity contribution is -0.120. The highest BCUT2D eigenvalue weighted by Gasteiger charge is 2.28. The molecular weight excluding hydrogens is 411 g/mol. The van der Waals surface area contributed by atoms with E-state index in [0.717, 1.165) is 35.1 Å². The third kappa shape index (κ3) is 5.22. The van der Waals surface area contributed by atoms with Crippen molar-refractivity contribution in [2.24, 2.45) is 5.92 Å². The quantitative estimate of drug-likeness (QED) is 0.593. The monoisotopic (exact) mass is 436 g/mol. The molecule has 0 radical (unpaired) electrons. The molecule has 1 amide bonds. The van der Waals surface area contributed by atoms with Gasteiger partial charge in [0.1, 0.15) is 10.8 Å². The molecule has 0 unspecified atom stereocenters. The Morgan fingerprint density at radius 3 is 2.68 bits per heavy atom. The van der Waals surface area contributed by atoms with E-state index >= 15 is 0 Å². The van der Waals surface area contributed by atoms with Crippen LogP contribution >= 0.6 is 11.8 Å². The van der Waals surface area contributed by atoms with Gasteiger partial charge in [0.2, 0.25) is 5.91 Å². The van der Waals surface area contributed by atoms with Crippen molar-refractivity contribution < 1.29 is 9.18 Å². The van der Waals surface area contributed by atoms with E-state index in [4.69, 9.17) is 0 Å². The van der Waals surface area contributed by atoms with Gasteiger partial charge < -0.3 is 10.2 Å². The smallest absolute Gasteiger partial charge is 0.229 e. The molecule has 0 bridgehead atoms. The molecule has 1 aliphatic heterocycles. The van der Waals surface area contributed by atoms with Crippen LogP contribution in [0.15, 0.2) is 64.8 Å². The number of rotatable bonds is 5. The molecule has 1 N–H and O–H groups in total. The minimum atomic E-state index is -0.275. The number of nitrogens with one attached hydrogen (secondary N) is 1. The maximum absolute atomic E-state index is 13.5. The summed E-state index contributed by atoms with van der Waals surface area (Å²) in [6.07, 6.45) is 5.10. The molecule has 1 aromatic heterocycles. The van der Waals surface area contributed by atoms with E-state index in [9.17, 15) is 9.18 Å². The van der Waals surface area contributed by atoms with E-state index in [1.54, 1.807) is 43.2 Å². The first-order valence-corrected chi connectivity index (χ1v) is 11.2. The van der Waals surface area contributed by atoms with Gasteiger partial charge in [-0.3, -0.25) is 4.79 Å². The third-order valence-corrected chi connectivity index (χ3v) is 6.39. The number of amides is 1. The zero-order valence-corrected chi connectivity index (χ0v) is 18.5. The summed E-state index contributed by atoms with van der Waals surface area (Å²) in [5.41, 5.74) is 2.35. The molecule has 7 heteroatoms. The van der Waals surface area contributed by atoms with Crippen LogP contribution < -0.4 is 10.2 Å². The van der Waals surface area contributed by atoms with Crippen LogP contribution in [0.1, 0.15) is 24.0 Å². The molecule has 2 heterocycles. The van der Waals surface area contributed by atoms with Gasteiger partial charge >= 0.3 is 0 Å². The summed E-state index contributed by atoms with van der Waals surface area (Å²) in [5, 5.41) is 3.77. The van der Waals surface area contributed by atoms with Crippen molar-refractivity contribution in [1.29, 1.82) is 0 Å². The standard InChI is InChI=1S/C24H25FN4OS/c1-16-5-8-20(9-6-16)31-24-22(26-11-12-27-24)29-13-3-4-18(15-29)23(30)28-19-7-10-21(25)17(2)14-19/h5-12,14,18H,3-4,13,15H2,1-2H3,(H,28,30)/t18-/m0/s1. The van der Waals surface area contributed by atoms with Gasteiger partial charge in [-0.15, -0.1) is 0 Å². The Morgan fingerprint density at radius 2 is 1.90 bits per heavy atom. The normalized spacial score (nSPS) is 16.2. The number of aryl methyl sites for hydroxylation is 2. The molecule has 0 aliphatic carbocycles. The van der Waals surface area contributed by atoms with Crippen LogP contribution in [0, 0.1) is 25.6 Å². The average Bonchev–Trinajstić information content (AvgIpc) is 2.78. The van der Waals surface area contributed by atoms with Crippen molar-refractivity contribution >= 4 is 29.2 Å². The second-order valence-electron chi connectivity index (χ2n) is 7.84. The molecular formula is C24H25FN4OS. The summed E-state index contributed by atoms with van der Waals surface area (Å²) in [6.45, 7) is 5.16. The number of halogens is 1. The summed E-state index contributed by atoms with van der Waals surface area (Å²) in [6, 6.07) is 13.0. The third-order valence-electron chi connectivity index (χ3n) is 5.40. The Labute approximate surface area is 186 Å². The van der Waals surface area contributed by atoms with Crippen LogP contribution in [-0.4, -0.2) is 29.0 Å². The highest BCUT2D eigenvalue weighted by atomic mass is 32.2. The summed E-state index contributed by atoms with van der Waals surface area (Å²) in [5.74, 6) is 0.317. The highest BCUT2D eigenvalue weighted by molar-refractivity contribution is 7.99. The molecule has 0 spiro atoms. The van der Waals surface area contributed by atoms with Gasteiger partial charge in [0.15, 0.2) is 5.82 Å². The minimum Gasteiger partial charge on any atom is -0.354 e. The van der Waals surface area contributed by atoms with Crippen molar-refractivity contribution in [2.45, 2.75) is 36.6 Å². The number of aromatic nitrogens is 2. The van der Waals surface area contributed by atoms with E-state index < -0.39 is 0 Å². The van der Waals surface area contributed by atoms with E-state index in [0.29, 0.717) is 17.8 Å². The van der Waals surface area contributed by atoms with Crippen molar-refractivity contribution in [3.63, 3.8) is 0 Å². The van der Waals surface area contributed by atoms with Gasteiger partial charge in [-0.2, -0.15) is 0 Å². The molecule has 31 heavy (non-hydrogen) atoms. The lowest BCUT2D eigenvalue weighted by atomic mass is 9.97. The Hall–Kier alpha value is -2.93. The molecule has 160 valence electrons. The Kier molecular flexibility index (Phi) is 6.51. The number of hydrogen-bond acceptors (Lipinski definition) is 5. The van der Waals surface area contributed by atoms with E-state index in [1.807, 2.05) is 0 Å². The molecule has 5 nitrogen and oxygen atoms in total. The first-order valence-electron chi connectivity index (χ1n) is 10.4. The van der Waals surface area contributed by atoms with Gasteiger partial charge in [-0.25, -0.2) is 14.4 Å². The number of piperidine rings is 1. The molecule has 1 fully saturated rings. The predicted octanol–water partition coefficient (Wildman–Crippen LogP) is 5.24. The van der Waals surface area contributed by atoms with Crippen LogP contribution in [0.2, 0.25) is 0 Å². The second-order valence-corrected chi connectivity index (χ2v) is 8.90. The first-order chi connectivity index (χ1) is 15.0. The van der Waals surface area contributed by atoms with Crippen LogP contribution in [0.25, 0.3) is 0 Å². The lowest BCUT2D eigenvalue weighted by Gasteiger charge is -2.33. The second kappa shape index (κ2) is 9.47. The van der Waals surface area contributed by atoms with E-state index in [2.05, 4.69) is 51.4 Å². The number of carbonyl (C=O) groups excluding carboxylic acids is 1. The van der Waals surface area contributed by atoms with Crippen LogP contribution in [0.5, 0.6) is 0 Å². The Bertz CT molecular complexity index is 1070. The number of carbonyl (C=O) groups is 1. The number of hydrogen-bond donors (Lipinski definition) is 1. The fourth-order valence-corrected chi connectivity index (χ4v) is 4.56. The molecule has 1 atom stereocenters. The lowest BCUT2D eigenvalue weighted by Crippen LogP contribution is -2.41. The highest BCUT2D eigenvalue weighted by Crippen LogP contribution is 2.34. The summed E-state index contributed by atoms with van der Waals surface area (Å²) < 4.78 is 13.5. The number of anilines is 2. The minimum absolute atomic E-state index is 0.0488. The predicted molar refractivity (Wildman–Crippen MR) is 122 cm³/mol. The van der Waals surface area contributed by atoms with Crippen LogP contribution in [-0.2, 0) is 4.79 Å². The molecule has 2 aromatic carbocycles. The first kappa shape index (κ1) is 21.3. The Morgan fingerprint density at radius 1 is 1.13 bits per heavy atom. The number of nitrogens with zero attached hydrogens (tertiary/aromatic N) is 3. The van der Waals surface area contributed by atoms with E-state index in [-0.39, 0.29) is 17.6 Å². The van der Waals surface area contributed by atoms with Gasteiger partial charge in [0.05, 0.1) is 5.92 Å². The van der Waals surface area contributed by atoms with Gasteiger partial charge in [-0.05, 0) is 62.6 Å². The maximum Gasteiger partial charge on any atom is 0.229 e. The van der Waals surface area contributed by atoms with Crippen molar-refractivity contribution in [1.82, 2.24) is 9.97 Å². The van der Waals surface area contributed by atoms with Crippen LogP contribution in [0.3, 0.4) is 0 Å². The van der Waals surface area contributed by atoms with Crippen LogP contribution in [0.4, 0.5) is 15.9 Å². The molecule has 3 aromatic rings. The average molecular weight is 437 g/mol. The molecule has 4 rings (SSSR count). The maximum atomic E-state index is 13.5. The molecule has 1 aliphatic rings. The largest absolute Gasteiger partial charge is 0.354 e. The molecule has 0 saturated carbocycles. The van der Waals surface area contributed by atoms with Crippen molar-refractivity contribution in [3.05, 3.63) is 71.8 Å². The topological polar surface area (TPSA) is 58.1 Å². The zero-order chi connectivity index (χ0) is 21.8. The fourth-order valence-electron chi connectivity index (χ4n) is 3.68. The zero-order valence-electron chi connectivity index (χ0n) is 17.6. The summed E-state index contributed by atoms with van der Waals surface area (Å²) in [4.78, 5) is 25.3. The van der Waals surface area contributed by atoms with E-state index in [1.165, 1.54) is 11.6 Å².